The molecule has 1 aliphatic heterocycles. The van der Waals surface area contributed by atoms with Gasteiger partial charge in [-0.15, -0.1) is 0 Å². The van der Waals surface area contributed by atoms with Gasteiger partial charge in [0.15, 0.2) is 9.84 Å². The van der Waals surface area contributed by atoms with E-state index in [0.717, 1.165) is 0 Å². The molecule has 1 amide bonds. The van der Waals surface area contributed by atoms with Crippen molar-refractivity contribution >= 4 is 15.9 Å². The summed E-state index contributed by atoms with van der Waals surface area (Å²) in [5.41, 5.74) is -0.580. The summed E-state index contributed by atoms with van der Waals surface area (Å²) in [6.07, 6.45) is -0.557. The monoisotopic (exact) mass is 221 g/mol. The highest BCUT2D eigenvalue weighted by molar-refractivity contribution is 7.91. The summed E-state index contributed by atoms with van der Waals surface area (Å²) in [6, 6.07) is 0. The van der Waals surface area contributed by atoms with E-state index in [1.807, 2.05) is 0 Å². The van der Waals surface area contributed by atoms with Gasteiger partial charge in [0.2, 0.25) is 0 Å². The molecule has 0 atom stereocenters. The second kappa shape index (κ2) is 3.42. The van der Waals surface area contributed by atoms with Crippen LogP contribution >= 0.6 is 0 Å². The Morgan fingerprint density at radius 1 is 1.36 bits per heavy atom. The number of hydrogen-bond acceptors (Lipinski definition) is 4. The maximum Gasteiger partial charge on any atom is 0.411 e. The van der Waals surface area contributed by atoms with Crippen molar-refractivity contribution in [2.24, 2.45) is 0 Å². The van der Waals surface area contributed by atoms with Crippen molar-refractivity contribution in [2.45, 2.75) is 26.4 Å². The van der Waals surface area contributed by atoms with Crippen molar-refractivity contribution in [3.8, 4) is 0 Å². The molecule has 0 N–H and O–H groups in total. The number of hydrogen-bond donors (Lipinski definition) is 0. The number of amides is 1. The Labute approximate surface area is 83.9 Å². The fourth-order valence-corrected chi connectivity index (χ4v) is 2.42. The molecule has 0 spiro atoms. The lowest BCUT2D eigenvalue weighted by atomic mass is 10.2. The van der Waals surface area contributed by atoms with E-state index in [1.165, 1.54) is 4.90 Å². The summed E-state index contributed by atoms with van der Waals surface area (Å²) in [5, 5.41) is 0. The van der Waals surface area contributed by atoms with E-state index in [0.29, 0.717) is 0 Å². The van der Waals surface area contributed by atoms with Crippen LogP contribution in [0.15, 0.2) is 0 Å². The molecule has 5 nitrogen and oxygen atoms in total. The minimum absolute atomic E-state index is 0.0340. The van der Waals surface area contributed by atoms with Crippen LogP contribution in [0.1, 0.15) is 20.8 Å². The normalized spacial score (nSPS) is 20.9. The SMILES string of the molecule is CC(C)(C)OC(=O)N1CCS(=O)(=O)C1. The molecule has 0 aromatic heterocycles. The second-order valence-corrected chi connectivity index (χ2v) is 6.47. The Morgan fingerprint density at radius 3 is 2.29 bits per heavy atom. The topological polar surface area (TPSA) is 63.7 Å². The summed E-state index contributed by atoms with van der Waals surface area (Å²) in [6.45, 7) is 5.47. The predicted molar refractivity (Wildman–Crippen MR) is 51.6 cm³/mol. The minimum atomic E-state index is -3.07. The highest BCUT2D eigenvalue weighted by atomic mass is 32.2. The van der Waals surface area contributed by atoms with E-state index in [2.05, 4.69) is 0 Å². The highest BCUT2D eigenvalue weighted by Gasteiger charge is 2.32. The van der Waals surface area contributed by atoms with Crippen molar-refractivity contribution in [1.82, 2.24) is 4.90 Å². The molecule has 0 aromatic carbocycles. The van der Waals surface area contributed by atoms with E-state index in [9.17, 15) is 13.2 Å². The van der Waals surface area contributed by atoms with Crippen LogP contribution < -0.4 is 0 Å². The highest BCUT2D eigenvalue weighted by Crippen LogP contribution is 2.14. The zero-order valence-corrected chi connectivity index (χ0v) is 9.43. The van der Waals surface area contributed by atoms with E-state index in [-0.39, 0.29) is 18.2 Å². The Morgan fingerprint density at radius 2 is 1.93 bits per heavy atom. The number of carbonyl (C=O) groups excluding carboxylic acids is 1. The Kier molecular flexibility index (Phi) is 2.76. The van der Waals surface area contributed by atoms with Gasteiger partial charge in [-0.2, -0.15) is 0 Å². The van der Waals surface area contributed by atoms with Crippen molar-refractivity contribution in [1.29, 1.82) is 0 Å². The Hall–Kier alpha value is -0.780. The van der Waals surface area contributed by atoms with Crippen LogP contribution in [0.4, 0.5) is 4.79 Å². The molecule has 1 fully saturated rings. The van der Waals surface area contributed by atoms with E-state index in [1.54, 1.807) is 20.8 Å². The lowest BCUT2D eigenvalue weighted by molar-refractivity contribution is 0.0306. The molecule has 0 aromatic rings. The number of sulfone groups is 1. The van der Waals surface area contributed by atoms with Gasteiger partial charge in [-0.3, -0.25) is 4.90 Å². The minimum Gasteiger partial charge on any atom is -0.444 e. The lowest BCUT2D eigenvalue weighted by Gasteiger charge is -2.23. The third kappa shape index (κ3) is 3.17. The summed E-state index contributed by atoms with van der Waals surface area (Å²) >= 11 is 0. The van der Waals surface area contributed by atoms with Crippen molar-refractivity contribution < 1.29 is 17.9 Å². The summed E-state index contributed by atoms with van der Waals surface area (Å²) < 4.78 is 27.2. The molecular formula is C8H15NO4S. The maximum absolute atomic E-state index is 11.4. The van der Waals surface area contributed by atoms with Crippen LogP contribution in [-0.2, 0) is 14.6 Å². The van der Waals surface area contributed by atoms with E-state index >= 15 is 0 Å². The standard InChI is InChI=1S/C8H15NO4S/c1-8(2,3)13-7(10)9-4-5-14(11,12)6-9/h4-6H2,1-3H3. The molecule has 82 valence electrons. The molecule has 0 aliphatic carbocycles. The van der Waals surface area contributed by atoms with Crippen LogP contribution in [0, 0.1) is 0 Å². The van der Waals surface area contributed by atoms with Gasteiger partial charge >= 0.3 is 6.09 Å². The first-order chi connectivity index (χ1) is 6.20. The molecule has 0 unspecified atom stereocenters. The van der Waals surface area contributed by atoms with Gasteiger partial charge in [0.1, 0.15) is 11.5 Å². The van der Waals surface area contributed by atoms with Crippen molar-refractivity contribution in [3.05, 3.63) is 0 Å². The third-order valence-electron chi connectivity index (χ3n) is 1.68. The second-order valence-electron chi connectivity index (χ2n) is 4.32. The molecular weight excluding hydrogens is 206 g/mol. The molecule has 0 radical (unpaired) electrons. The van der Waals surface area contributed by atoms with Gasteiger partial charge in [-0.1, -0.05) is 0 Å². The Balaban J connectivity index is 2.57. The third-order valence-corrected chi connectivity index (χ3v) is 3.19. The van der Waals surface area contributed by atoms with E-state index in [4.69, 9.17) is 4.74 Å². The van der Waals surface area contributed by atoms with Gasteiger partial charge < -0.3 is 4.74 Å². The lowest BCUT2D eigenvalue weighted by Crippen LogP contribution is -2.35. The Bertz CT molecular complexity index is 328. The van der Waals surface area contributed by atoms with Crippen LogP contribution in [0.2, 0.25) is 0 Å². The fourth-order valence-electron chi connectivity index (χ4n) is 1.09. The molecule has 0 bridgehead atoms. The zero-order valence-electron chi connectivity index (χ0n) is 8.61. The van der Waals surface area contributed by atoms with Gasteiger partial charge in [-0.25, -0.2) is 13.2 Å². The largest absolute Gasteiger partial charge is 0.444 e. The van der Waals surface area contributed by atoms with Gasteiger partial charge in [-0.05, 0) is 20.8 Å². The van der Waals surface area contributed by atoms with Crippen molar-refractivity contribution in [3.63, 3.8) is 0 Å². The van der Waals surface area contributed by atoms with Crippen LogP contribution in [0.3, 0.4) is 0 Å². The maximum atomic E-state index is 11.4. The summed E-state index contributed by atoms with van der Waals surface area (Å²) in [7, 11) is -3.07. The fraction of sp³-hybridized carbons (Fsp3) is 0.875. The molecule has 6 heteroatoms. The summed E-state index contributed by atoms with van der Waals surface area (Å²) in [5.74, 6) is -0.186. The van der Waals surface area contributed by atoms with Gasteiger partial charge in [0, 0.05) is 6.54 Å². The summed E-state index contributed by atoms with van der Waals surface area (Å²) in [4.78, 5) is 12.6. The smallest absolute Gasteiger partial charge is 0.411 e. The van der Waals surface area contributed by atoms with Crippen LogP contribution in [-0.4, -0.2) is 43.2 Å². The van der Waals surface area contributed by atoms with Crippen molar-refractivity contribution in [2.75, 3.05) is 18.2 Å². The first-order valence-corrected chi connectivity index (χ1v) is 6.20. The van der Waals surface area contributed by atoms with Crippen LogP contribution in [0.25, 0.3) is 0 Å². The average molecular weight is 221 g/mol. The van der Waals surface area contributed by atoms with E-state index < -0.39 is 21.5 Å². The van der Waals surface area contributed by atoms with Gasteiger partial charge in [0.05, 0.1) is 5.75 Å². The first-order valence-electron chi connectivity index (χ1n) is 4.38. The number of carbonyl (C=O) groups is 1. The van der Waals surface area contributed by atoms with Gasteiger partial charge in [0.25, 0.3) is 0 Å². The molecule has 1 saturated heterocycles. The number of ether oxygens (including phenoxy) is 1. The molecule has 1 rings (SSSR count). The average Bonchev–Trinajstić information content (AvgIpc) is 2.26. The predicted octanol–water partition coefficient (Wildman–Crippen LogP) is 0.609. The number of nitrogens with zero attached hydrogens (tertiary/aromatic N) is 1. The molecule has 1 heterocycles. The van der Waals surface area contributed by atoms with Crippen LogP contribution in [0.5, 0.6) is 0 Å². The molecule has 0 saturated carbocycles. The molecule has 14 heavy (non-hydrogen) atoms. The first kappa shape index (κ1) is 11.3. The quantitative estimate of drug-likeness (QED) is 0.601. The molecule has 1 aliphatic rings. The zero-order chi connectivity index (χ0) is 11.0. The number of rotatable bonds is 0.